The van der Waals surface area contributed by atoms with E-state index in [1.807, 2.05) is 43.3 Å². The maximum absolute atomic E-state index is 11.8. The van der Waals surface area contributed by atoms with E-state index in [0.29, 0.717) is 4.34 Å². The normalized spacial score (nSPS) is 15.4. The number of thioether (sulfide) groups is 1. The predicted molar refractivity (Wildman–Crippen MR) is 111 cm³/mol. The number of benzene rings is 2. The summed E-state index contributed by atoms with van der Waals surface area (Å²) >= 11 is 2.72. The van der Waals surface area contributed by atoms with Gasteiger partial charge in [0.15, 0.2) is 14.2 Å². The molecule has 0 radical (unpaired) electrons. The fraction of sp³-hybridized carbons (Fsp3) is 0.235. The predicted octanol–water partition coefficient (Wildman–Crippen LogP) is 4.50. The van der Waals surface area contributed by atoms with Gasteiger partial charge in [-0.3, -0.25) is 0 Å². The maximum Gasteiger partial charge on any atom is 0.272 e. The Kier molecular flexibility index (Phi) is 4.68. The van der Waals surface area contributed by atoms with Crippen LogP contribution >= 0.6 is 23.1 Å². The molecular formula is C17H16N6O2S3. The SMILES string of the molecule is CN(C)c1ccc(C2(Sc3nc4ccc(S(C)(=O)=O)cc4s3)N=NN=N2)cc1. The van der Waals surface area contributed by atoms with Gasteiger partial charge in [-0.05, 0) is 52.5 Å². The zero-order chi connectivity index (χ0) is 19.9. The molecular weight excluding hydrogens is 416 g/mol. The van der Waals surface area contributed by atoms with E-state index in [4.69, 9.17) is 0 Å². The molecule has 0 unspecified atom stereocenters. The van der Waals surface area contributed by atoms with Gasteiger partial charge < -0.3 is 4.90 Å². The number of anilines is 1. The van der Waals surface area contributed by atoms with Gasteiger partial charge in [0, 0.05) is 31.6 Å². The topological polar surface area (TPSA) is 99.7 Å². The van der Waals surface area contributed by atoms with Crippen LogP contribution in [0.2, 0.25) is 0 Å². The largest absolute Gasteiger partial charge is 0.378 e. The van der Waals surface area contributed by atoms with E-state index in [9.17, 15) is 8.42 Å². The van der Waals surface area contributed by atoms with Crippen LogP contribution in [-0.2, 0) is 14.8 Å². The second-order valence-electron chi connectivity index (χ2n) is 6.41. The van der Waals surface area contributed by atoms with Gasteiger partial charge in [0.1, 0.15) is 0 Å². The zero-order valence-electron chi connectivity index (χ0n) is 15.3. The fourth-order valence-electron chi connectivity index (χ4n) is 2.65. The molecule has 1 aliphatic rings. The third kappa shape index (κ3) is 3.52. The molecule has 11 heteroatoms. The lowest BCUT2D eigenvalue weighted by Crippen LogP contribution is -2.14. The second kappa shape index (κ2) is 6.90. The molecule has 0 fully saturated rings. The molecule has 3 aromatic rings. The summed E-state index contributed by atoms with van der Waals surface area (Å²) < 4.78 is 25.1. The molecule has 0 aliphatic carbocycles. The Morgan fingerprint density at radius 1 is 1.04 bits per heavy atom. The minimum Gasteiger partial charge on any atom is -0.378 e. The number of aromatic nitrogens is 1. The van der Waals surface area contributed by atoms with Crippen molar-refractivity contribution in [3.63, 3.8) is 0 Å². The molecule has 0 amide bonds. The molecule has 0 atom stereocenters. The van der Waals surface area contributed by atoms with E-state index < -0.39 is 14.8 Å². The van der Waals surface area contributed by atoms with E-state index in [0.717, 1.165) is 21.5 Å². The highest BCUT2D eigenvalue weighted by Gasteiger charge is 2.38. The fourth-order valence-corrected chi connectivity index (χ4v) is 5.69. The summed E-state index contributed by atoms with van der Waals surface area (Å²) in [7, 11) is 0.673. The Hall–Kier alpha value is -2.37. The van der Waals surface area contributed by atoms with Crippen LogP contribution in [0, 0.1) is 0 Å². The summed E-state index contributed by atoms with van der Waals surface area (Å²) in [6, 6.07) is 12.8. The Morgan fingerprint density at radius 3 is 2.32 bits per heavy atom. The summed E-state index contributed by atoms with van der Waals surface area (Å²) in [6.07, 6.45) is 1.19. The number of nitrogens with zero attached hydrogens (tertiary/aromatic N) is 6. The lowest BCUT2D eigenvalue weighted by molar-refractivity contribution is 0.602. The van der Waals surface area contributed by atoms with Crippen LogP contribution < -0.4 is 4.90 Å². The highest BCUT2D eigenvalue weighted by atomic mass is 32.2. The van der Waals surface area contributed by atoms with Crippen molar-refractivity contribution in [3.05, 3.63) is 48.0 Å². The van der Waals surface area contributed by atoms with Crippen LogP contribution in [0.4, 0.5) is 5.69 Å². The first kappa shape index (κ1) is 19.0. The smallest absolute Gasteiger partial charge is 0.272 e. The summed E-state index contributed by atoms with van der Waals surface area (Å²) in [6.45, 7) is 0. The van der Waals surface area contributed by atoms with Crippen LogP contribution in [-0.4, -0.2) is 33.8 Å². The van der Waals surface area contributed by atoms with Gasteiger partial charge >= 0.3 is 0 Å². The van der Waals surface area contributed by atoms with Gasteiger partial charge in [-0.25, -0.2) is 13.4 Å². The third-order valence-corrected chi connectivity index (χ3v) is 7.53. The molecule has 2 aromatic carbocycles. The highest BCUT2D eigenvalue weighted by molar-refractivity contribution is 8.02. The maximum atomic E-state index is 11.8. The number of fused-ring (bicyclic) bond motifs is 1. The third-order valence-electron chi connectivity index (χ3n) is 4.16. The first-order valence-electron chi connectivity index (χ1n) is 8.18. The Bertz CT molecular complexity index is 1190. The van der Waals surface area contributed by atoms with E-state index in [2.05, 4.69) is 25.7 Å². The summed E-state index contributed by atoms with van der Waals surface area (Å²) in [5, 5.41) is 15.9. The molecule has 0 saturated heterocycles. The van der Waals surface area contributed by atoms with Gasteiger partial charge in [-0.15, -0.1) is 21.6 Å². The van der Waals surface area contributed by atoms with Gasteiger partial charge in [0.25, 0.3) is 4.99 Å². The summed E-state index contributed by atoms with van der Waals surface area (Å²) in [5.41, 5.74) is 2.62. The number of hydrogen-bond acceptors (Lipinski definition) is 10. The van der Waals surface area contributed by atoms with E-state index in [-0.39, 0.29) is 4.90 Å². The molecule has 0 bridgehead atoms. The van der Waals surface area contributed by atoms with Gasteiger partial charge in [-0.1, -0.05) is 12.1 Å². The standard InChI is InChI=1S/C17H16N6O2S3/c1-23(2)12-6-4-11(5-7-12)17(19-21-22-20-17)27-16-18-14-9-8-13(28(3,24)25)10-15(14)26-16/h4-10H,1-3H3. The average Bonchev–Trinajstić information content (AvgIpc) is 3.27. The van der Waals surface area contributed by atoms with Crippen molar-refractivity contribution in [2.75, 3.05) is 25.3 Å². The minimum absolute atomic E-state index is 0.273. The van der Waals surface area contributed by atoms with Crippen molar-refractivity contribution in [2.24, 2.45) is 20.7 Å². The Balaban J connectivity index is 1.70. The second-order valence-corrected chi connectivity index (χ2v) is 10.9. The van der Waals surface area contributed by atoms with Crippen LogP contribution in [0.15, 0.2) is 72.4 Å². The van der Waals surface area contributed by atoms with Crippen LogP contribution in [0.3, 0.4) is 0 Å². The monoisotopic (exact) mass is 432 g/mol. The highest BCUT2D eigenvalue weighted by Crippen LogP contribution is 2.48. The first-order valence-corrected chi connectivity index (χ1v) is 11.7. The van der Waals surface area contributed by atoms with Gasteiger partial charge in [-0.2, -0.15) is 0 Å². The van der Waals surface area contributed by atoms with Crippen molar-refractivity contribution in [1.82, 2.24) is 4.98 Å². The Morgan fingerprint density at radius 2 is 1.71 bits per heavy atom. The molecule has 1 aromatic heterocycles. The molecule has 2 heterocycles. The van der Waals surface area contributed by atoms with Crippen LogP contribution in [0.25, 0.3) is 10.2 Å². The molecule has 0 saturated carbocycles. The van der Waals surface area contributed by atoms with Crippen molar-refractivity contribution in [2.45, 2.75) is 14.2 Å². The summed E-state index contributed by atoms with van der Waals surface area (Å²) in [4.78, 5) is 5.84. The van der Waals surface area contributed by atoms with Crippen molar-refractivity contribution in [3.8, 4) is 0 Å². The molecule has 8 nitrogen and oxygen atoms in total. The quantitative estimate of drug-likeness (QED) is 0.591. The molecule has 0 spiro atoms. The lowest BCUT2D eigenvalue weighted by atomic mass is 10.1. The molecule has 0 N–H and O–H groups in total. The van der Waals surface area contributed by atoms with Gasteiger partial charge in [0.2, 0.25) is 0 Å². The van der Waals surface area contributed by atoms with Gasteiger partial charge in [0.05, 0.1) is 15.1 Å². The van der Waals surface area contributed by atoms with Crippen molar-refractivity contribution in [1.29, 1.82) is 0 Å². The molecule has 4 rings (SSSR count). The van der Waals surface area contributed by atoms with Crippen LogP contribution in [0.1, 0.15) is 5.56 Å². The van der Waals surface area contributed by atoms with E-state index >= 15 is 0 Å². The van der Waals surface area contributed by atoms with E-state index in [1.165, 1.54) is 29.4 Å². The van der Waals surface area contributed by atoms with Crippen molar-refractivity contribution < 1.29 is 8.42 Å². The summed E-state index contributed by atoms with van der Waals surface area (Å²) in [5.74, 6) is 0. The zero-order valence-corrected chi connectivity index (χ0v) is 17.7. The minimum atomic E-state index is -3.27. The number of rotatable bonds is 5. The number of sulfone groups is 1. The lowest BCUT2D eigenvalue weighted by Gasteiger charge is -2.19. The average molecular weight is 433 g/mol. The first-order chi connectivity index (χ1) is 13.3. The molecule has 28 heavy (non-hydrogen) atoms. The molecule has 144 valence electrons. The molecule has 1 aliphatic heterocycles. The number of thiazole rings is 1. The Labute approximate surface area is 170 Å². The van der Waals surface area contributed by atoms with Crippen molar-refractivity contribution >= 4 is 48.8 Å². The number of hydrogen-bond donors (Lipinski definition) is 0. The van der Waals surface area contributed by atoms with E-state index in [1.54, 1.807) is 18.2 Å². The van der Waals surface area contributed by atoms with Crippen LogP contribution in [0.5, 0.6) is 0 Å².